The number of carboxylic acid groups (broad SMARTS) is 1. The third kappa shape index (κ3) is 6.76. The number of carbonyl (C=O) groups is 1. The Bertz CT molecular complexity index is 337. The monoisotopic (exact) mass is 240 g/mol. The van der Waals surface area contributed by atoms with E-state index >= 15 is 0 Å². The molecule has 4 nitrogen and oxygen atoms in total. The van der Waals surface area contributed by atoms with Crippen LogP contribution >= 0.6 is 0 Å². The first-order valence-corrected chi connectivity index (χ1v) is 6.04. The molecule has 0 unspecified atom stereocenters. The Balaban J connectivity index is 0.000000325. The quantitative estimate of drug-likeness (QED) is 0.807. The van der Waals surface area contributed by atoms with E-state index < -0.39 is 11.4 Å². The van der Waals surface area contributed by atoms with Gasteiger partial charge in [0.25, 0.3) is 5.82 Å². The first-order valence-electron chi connectivity index (χ1n) is 6.04. The summed E-state index contributed by atoms with van der Waals surface area (Å²) in [5, 5.41) is 9.91. The van der Waals surface area contributed by atoms with Crippen molar-refractivity contribution < 1.29 is 14.5 Å². The van der Waals surface area contributed by atoms with Crippen molar-refractivity contribution in [2.24, 2.45) is 5.41 Å². The first kappa shape index (κ1) is 15.7. The standard InChI is InChI=1S/C8H14N2.C5H10O2/c1-3-4-6-10-7-5-9-8(10)2;1-5(2,3)4(6)7/h5,7H,3-4,6H2,1-2H3;1-3H3,(H,6,7). The average molecular weight is 240 g/mol. The predicted octanol–water partition coefficient (Wildman–Crippen LogP) is 1.19. The fraction of sp³-hybridized carbons (Fsp3) is 0.692. The van der Waals surface area contributed by atoms with Crippen LogP contribution < -0.4 is 9.67 Å². The molecule has 0 saturated heterocycles. The van der Waals surface area contributed by atoms with Gasteiger partial charge in [0.2, 0.25) is 0 Å². The molecule has 0 amide bonds. The summed E-state index contributed by atoms with van der Waals surface area (Å²) in [5.41, 5.74) is -0.694. The van der Waals surface area contributed by atoms with Crippen LogP contribution in [-0.4, -0.2) is 11.0 Å². The highest BCUT2D eigenvalue weighted by Gasteiger charge is 2.09. The van der Waals surface area contributed by atoms with Crippen molar-refractivity contribution in [2.75, 3.05) is 0 Å². The summed E-state index contributed by atoms with van der Waals surface area (Å²) in [6.45, 7) is 10.2. The minimum absolute atomic E-state index is 0.694. The lowest BCUT2D eigenvalue weighted by atomic mass is 9.98. The Kier molecular flexibility index (Phi) is 6.54. The second-order valence-electron chi connectivity index (χ2n) is 5.13. The van der Waals surface area contributed by atoms with E-state index in [2.05, 4.69) is 29.6 Å². The summed E-state index contributed by atoms with van der Waals surface area (Å²) in [6.07, 6.45) is 6.59. The number of aryl methyl sites for hydroxylation is 2. The zero-order valence-corrected chi connectivity index (χ0v) is 11.5. The van der Waals surface area contributed by atoms with Crippen LogP contribution in [0.4, 0.5) is 0 Å². The molecule has 0 atom stereocenters. The minimum atomic E-state index is -1.01. The number of nitrogens with zero attached hydrogens (tertiary/aromatic N) is 1. The van der Waals surface area contributed by atoms with Crippen molar-refractivity contribution in [2.45, 2.75) is 54.0 Å². The summed E-state index contributed by atoms with van der Waals surface area (Å²) in [7, 11) is 0. The third-order valence-corrected chi connectivity index (χ3v) is 2.34. The zero-order chi connectivity index (χ0) is 13.5. The van der Waals surface area contributed by atoms with Gasteiger partial charge in [-0.1, -0.05) is 34.1 Å². The minimum Gasteiger partial charge on any atom is -0.550 e. The molecule has 1 aromatic rings. The highest BCUT2D eigenvalue weighted by Crippen LogP contribution is 2.09. The molecule has 98 valence electrons. The number of unbranched alkanes of at least 4 members (excludes halogenated alkanes) is 1. The molecule has 4 heteroatoms. The molecular weight excluding hydrogens is 216 g/mol. The maximum absolute atomic E-state index is 9.91. The van der Waals surface area contributed by atoms with Crippen LogP contribution in [0.25, 0.3) is 0 Å². The summed E-state index contributed by atoms with van der Waals surface area (Å²) in [5.74, 6) is 0.237. The van der Waals surface area contributed by atoms with Gasteiger partial charge in [-0.2, -0.15) is 0 Å². The number of carbonyl (C=O) groups excluding carboxylic acids is 1. The van der Waals surface area contributed by atoms with Gasteiger partial charge in [0, 0.05) is 18.3 Å². The number of H-pyrrole nitrogens is 1. The number of nitrogens with one attached hydrogen (secondary N) is 1. The number of aliphatic carboxylic acids is 1. The van der Waals surface area contributed by atoms with E-state index in [1.165, 1.54) is 18.7 Å². The van der Waals surface area contributed by atoms with Gasteiger partial charge in [0.1, 0.15) is 12.4 Å². The van der Waals surface area contributed by atoms with Crippen molar-refractivity contribution in [1.29, 1.82) is 0 Å². The van der Waals surface area contributed by atoms with Crippen molar-refractivity contribution in [3.05, 3.63) is 18.2 Å². The van der Waals surface area contributed by atoms with Crippen molar-refractivity contribution >= 4 is 5.97 Å². The number of hydrogen-bond donors (Lipinski definition) is 1. The van der Waals surface area contributed by atoms with E-state index in [-0.39, 0.29) is 0 Å². The molecule has 1 rings (SSSR count). The fourth-order valence-corrected chi connectivity index (χ4v) is 1.01. The molecule has 0 bridgehead atoms. The van der Waals surface area contributed by atoms with Crippen molar-refractivity contribution in [3.8, 4) is 0 Å². The van der Waals surface area contributed by atoms with Gasteiger partial charge < -0.3 is 9.90 Å². The highest BCUT2D eigenvalue weighted by atomic mass is 16.4. The molecule has 0 aliphatic rings. The van der Waals surface area contributed by atoms with Crippen LogP contribution in [-0.2, 0) is 11.3 Å². The largest absolute Gasteiger partial charge is 0.550 e. The maximum Gasteiger partial charge on any atom is 0.251 e. The van der Waals surface area contributed by atoms with E-state index in [9.17, 15) is 9.90 Å². The van der Waals surface area contributed by atoms with Crippen LogP contribution in [0.15, 0.2) is 12.4 Å². The molecule has 0 saturated carbocycles. The smallest absolute Gasteiger partial charge is 0.251 e. The highest BCUT2D eigenvalue weighted by molar-refractivity contribution is 5.70. The van der Waals surface area contributed by atoms with E-state index in [1.54, 1.807) is 20.8 Å². The molecule has 0 aliphatic carbocycles. The Labute approximate surface area is 104 Å². The van der Waals surface area contributed by atoms with Gasteiger partial charge in [0.05, 0.1) is 6.54 Å². The molecule has 1 aromatic heterocycles. The van der Waals surface area contributed by atoms with Gasteiger partial charge in [-0.25, -0.2) is 9.55 Å². The second-order valence-corrected chi connectivity index (χ2v) is 5.13. The zero-order valence-electron chi connectivity index (χ0n) is 11.5. The lowest BCUT2D eigenvalue weighted by Crippen LogP contribution is -2.35. The fourth-order valence-electron chi connectivity index (χ4n) is 1.01. The first-order chi connectivity index (χ1) is 7.79. The molecule has 0 aliphatic heterocycles. The number of hydrogen-bond acceptors (Lipinski definition) is 2. The van der Waals surface area contributed by atoms with Gasteiger partial charge >= 0.3 is 0 Å². The Morgan fingerprint density at radius 2 is 2.00 bits per heavy atom. The van der Waals surface area contributed by atoms with Gasteiger partial charge in [0.15, 0.2) is 0 Å². The third-order valence-electron chi connectivity index (χ3n) is 2.34. The van der Waals surface area contributed by atoms with E-state index in [1.807, 2.05) is 6.20 Å². The van der Waals surface area contributed by atoms with E-state index in [0.717, 1.165) is 6.54 Å². The Hall–Kier alpha value is -1.32. The van der Waals surface area contributed by atoms with Crippen LogP contribution in [0.2, 0.25) is 0 Å². The topological polar surface area (TPSA) is 59.8 Å². The van der Waals surface area contributed by atoms with Crippen LogP contribution in [0.3, 0.4) is 0 Å². The normalized spacial score (nSPS) is 10.6. The average Bonchev–Trinajstić information content (AvgIpc) is 2.60. The van der Waals surface area contributed by atoms with Crippen LogP contribution in [0.5, 0.6) is 0 Å². The summed E-state index contributed by atoms with van der Waals surface area (Å²) < 4.78 is 2.24. The van der Waals surface area contributed by atoms with Crippen LogP contribution in [0.1, 0.15) is 46.4 Å². The molecule has 0 spiro atoms. The molecule has 0 fully saturated rings. The number of carboxylic acids is 1. The predicted molar refractivity (Wildman–Crippen MR) is 65.1 cm³/mol. The lowest BCUT2D eigenvalue weighted by Gasteiger charge is -2.18. The van der Waals surface area contributed by atoms with Crippen LogP contribution in [0, 0.1) is 12.3 Å². The summed E-state index contributed by atoms with van der Waals surface area (Å²) in [6, 6.07) is 0. The molecular formula is C13H24N2O2. The van der Waals surface area contributed by atoms with Gasteiger partial charge in [-0.05, 0) is 6.42 Å². The Morgan fingerprint density at radius 1 is 1.47 bits per heavy atom. The maximum atomic E-state index is 9.91. The molecule has 0 aromatic carbocycles. The van der Waals surface area contributed by atoms with E-state index in [4.69, 9.17) is 0 Å². The number of rotatable bonds is 3. The molecule has 1 heterocycles. The number of imidazole rings is 1. The number of aromatic nitrogens is 2. The SMILES string of the molecule is CC(C)(C)C(=O)[O-].CCCC[n+]1cc[nH]c1C. The summed E-state index contributed by atoms with van der Waals surface area (Å²) in [4.78, 5) is 13.1. The van der Waals surface area contributed by atoms with Crippen molar-refractivity contribution in [1.82, 2.24) is 4.98 Å². The summed E-state index contributed by atoms with van der Waals surface area (Å²) >= 11 is 0. The molecule has 1 N–H and O–H groups in total. The number of aromatic amines is 1. The molecule has 0 radical (unpaired) electrons. The van der Waals surface area contributed by atoms with Crippen molar-refractivity contribution in [3.63, 3.8) is 0 Å². The van der Waals surface area contributed by atoms with E-state index in [0.29, 0.717) is 0 Å². The second kappa shape index (κ2) is 7.09. The lowest BCUT2D eigenvalue weighted by molar-refractivity contribution is -0.701. The van der Waals surface area contributed by atoms with Gasteiger partial charge in [-0.15, -0.1) is 0 Å². The van der Waals surface area contributed by atoms with Gasteiger partial charge in [-0.3, -0.25) is 0 Å². The molecule has 17 heavy (non-hydrogen) atoms. The Morgan fingerprint density at radius 3 is 2.29 bits per heavy atom.